The van der Waals surface area contributed by atoms with Crippen molar-refractivity contribution >= 4 is 5.69 Å². The van der Waals surface area contributed by atoms with Crippen molar-refractivity contribution in [3.8, 4) is 0 Å². The third-order valence-corrected chi connectivity index (χ3v) is 4.02. The van der Waals surface area contributed by atoms with Crippen LogP contribution in [0, 0.1) is 6.92 Å². The Kier molecular flexibility index (Phi) is 3.49. The number of aryl methyl sites for hydroxylation is 3. The van der Waals surface area contributed by atoms with Crippen molar-refractivity contribution in [3.63, 3.8) is 0 Å². The van der Waals surface area contributed by atoms with Gasteiger partial charge in [-0.15, -0.1) is 0 Å². The van der Waals surface area contributed by atoms with E-state index < -0.39 is 0 Å². The molecule has 4 nitrogen and oxygen atoms in total. The highest BCUT2D eigenvalue weighted by Crippen LogP contribution is 2.29. The first-order valence-corrected chi connectivity index (χ1v) is 7.22. The van der Waals surface area contributed by atoms with Gasteiger partial charge in [-0.3, -0.25) is 4.68 Å². The van der Waals surface area contributed by atoms with E-state index >= 15 is 0 Å². The van der Waals surface area contributed by atoms with Crippen LogP contribution in [0.1, 0.15) is 29.2 Å². The fourth-order valence-electron chi connectivity index (χ4n) is 2.97. The fraction of sp³-hybridized carbons (Fsp3) is 0.438. The van der Waals surface area contributed by atoms with Crippen LogP contribution in [-0.2, 0) is 13.5 Å². The molecule has 0 bridgehead atoms. The molecule has 0 amide bonds. The van der Waals surface area contributed by atoms with Gasteiger partial charge < -0.3 is 10.6 Å². The van der Waals surface area contributed by atoms with Crippen molar-refractivity contribution in [1.82, 2.24) is 9.78 Å². The number of benzene rings is 1. The average Bonchev–Trinajstić information content (AvgIpc) is 2.85. The zero-order valence-corrected chi connectivity index (χ0v) is 12.2. The molecular formula is C16H22N4. The molecule has 1 unspecified atom stereocenters. The maximum absolute atomic E-state index is 6.33. The molecule has 1 aliphatic heterocycles. The summed E-state index contributed by atoms with van der Waals surface area (Å²) in [5.74, 6) is 0. The van der Waals surface area contributed by atoms with Crippen molar-refractivity contribution < 1.29 is 0 Å². The molecule has 1 atom stereocenters. The number of rotatable bonds is 3. The Balaban J connectivity index is 1.79. The molecule has 0 saturated heterocycles. The minimum Gasteiger partial charge on any atom is -0.369 e. The molecule has 0 spiro atoms. The van der Waals surface area contributed by atoms with Crippen LogP contribution in [0.3, 0.4) is 0 Å². The van der Waals surface area contributed by atoms with Gasteiger partial charge in [-0.05, 0) is 31.4 Å². The largest absolute Gasteiger partial charge is 0.369 e. The van der Waals surface area contributed by atoms with E-state index in [1.54, 1.807) is 0 Å². The summed E-state index contributed by atoms with van der Waals surface area (Å²) in [6.07, 6.45) is 6.25. The van der Waals surface area contributed by atoms with E-state index in [-0.39, 0.29) is 6.04 Å². The highest BCUT2D eigenvalue weighted by molar-refractivity contribution is 5.57. The van der Waals surface area contributed by atoms with Crippen molar-refractivity contribution in [2.24, 2.45) is 12.8 Å². The molecule has 20 heavy (non-hydrogen) atoms. The minimum atomic E-state index is 0.0101. The Hall–Kier alpha value is -1.81. The number of anilines is 1. The van der Waals surface area contributed by atoms with Crippen molar-refractivity contribution in [2.75, 3.05) is 18.0 Å². The standard InChI is InChI=1S/C16H22N4/c1-12-5-6-16-13(8-12)4-3-7-20(16)11-15(17)14-9-18-19(2)10-14/h5-6,8-10,15H,3-4,7,11,17H2,1-2H3. The smallest absolute Gasteiger partial charge is 0.0538 e. The highest BCUT2D eigenvalue weighted by Gasteiger charge is 2.20. The summed E-state index contributed by atoms with van der Waals surface area (Å²) in [6.45, 7) is 4.09. The highest BCUT2D eigenvalue weighted by atomic mass is 15.2. The van der Waals surface area contributed by atoms with E-state index in [1.807, 2.05) is 24.1 Å². The lowest BCUT2D eigenvalue weighted by Gasteiger charge is -2.33. The SMILES string of the molecule is Cc1ccc2c(c1)CCCN2CC(N)c1cnn(C)c1. The maximum Gasteiger partial charge on any atom is 0.0538 e. The van der Waals surface area contributed by atoms with E-state index in [0.29, 0.717) is 0 Å². The Morgan fingerprint density at radius 1 is 1.40 bits per heavy atom. The van der Waals surface area contributed by atoms with Crippen molar-refractivity contribution in [3.05, 3.63) is 47.3 Å². The quantitative estimate of drug-likeness (QED) is 0.930. The molecule has 1 aliphatic rings. The molecule has 106 valence electrons. The Bertz CT molecular complexity index is 602. The van der Waals surface area contributed by atoms with E-state index in [9.17, 15) is 0 Å². The normalized spacial score (nSPS) is 16.1. The topological polar surface area (TPSA) is 47.1 Å². The van der Waals surface area contributed by atoms with Gasteiger partial charge in [-0.25, -0.2) is 0 Å². The molecule has 2 heterocycles. The Morgan fingerprint density at radius 2 is 2.25 bits per heavy atom. The zero-order valence-electron chi connectivity index (χ0n) is 12.2. The third kappa shape index (κ3) is 2.56. The van der Waals surface area contributed by atoms with Crippen LogP contribution in [0.2, 0.25) is 0 Å². The number of aromatic nitrogens is 2. The van der Waals surface area contributed by atoms with Gasteiger partial charge in [0.15, 0.2) is 0 Å². The van der Waals surface area contributed by atoms with Crippen LogP contribution < -0.4 is 10.6 Å². The first-order valence-electron chi connectivity index (χ1n) is 7.22. The van der Waals surface area contributed by atoms with Gasteiger partial charge in [0.2, 0.25) is 0 Å². The van der Waals surface area contributed by atoms with Crippen molar-refractivity contribution in [1.29, 1.82) is 0 Å². The first kappa shape index (κ1) is 13.2. The summed E-state index contributed by atoms with van der Waals surface area (Å²) in [5, 5.41) is 4.20. The molecule has 0 aliphatic carbocycles. The van der Waals surface area contributed by atoms with Gasteiger partial charge in [-0.2, -0.15) is 5.10 Å². The second kappa shape index (κ2) is 5.29. The molecule has 1 aromatic heterocycles. The van der Waals surface area contributed by atoms with Crippen LogP contribution in [0.4, 0.5) is 5.69 Å². The average molecular weight is 270 g/mol. The van der Waals surface area contributed by atoms with Gasteiger partial charge >= 0.3 is 0 Å². The number of hydrogen-bond acceptors (Lipinski definition) is 3. The van der Waals surface area contributed by atoms with E-state index in [4.69, 9.17) is 5.73 Å². The van der Waals surface area contributed by atoms with Gasteiger partial charge in [0.1, 0.15) is 0 Å². The van der Waals surface area contributed by atoms with Gasteiger partial charge in [0.05, 0.1) is 12.2 Å². The maximum atomic E-state index is 6.33. The minimum absolute atomic E-state index is 0.0101. The van der Waals surface area contributed by atoms with Crippen LogP contribution in [0.25, 0.3) is 0 Å². The second-order valence-corrected chi connectivity index (χ2v) is 5.74. The molecule has 2 N–H and O–H groups in total. The van der Waals surface area contributed by atoms with Crippen molar-refractivity contribution in [2.45, 2.75) is 25.8 Å². The molecule has 0 radical (unpaired) electrons. The molecule has 3 rings (SSSR count). The molecular weight excluding hydrogens is 248 g/mol. The Labute approximate surface area is 120 Å². The number of fused-ring (bicyclic) bond motifs is 1. The van der Waals surface area contributed by atoms with E-state index in [0.717, 1.165) is 18.7 Å². The zero-order chi connectivity index (χ0) is 14.1. The lowest BCUT2D eigenvalue weighted by atomic mass is 9.98. The third-order valence-electron chi connectivity index (χ3n) is 4.02. The van der Waals surface area contributed by atoms with Gasteiger partial charge in [0.25, 0.3) is 0 Å². The van der Waals surface area contributed by atoms with Crippen LogP contribution in [0.15, 0.2) is 30.6 Å². The summed E-state index contributed by atoms with van der Waals surface area (Å²) in [5.41, 5.74) is 11.6. The molecule has 0 saturated carbocycles. The monoisotopic (exact) mass is 270 g/mol. The molecule has 1 aromatic carbocycles. The first-order chi connectivity index (χ1) is 9.63. The summed E-state index contributed by atoms with van der Waals surface area (Å²) in [4.78, 5) is 2.41. The number of hydrogen-bond donors (Lipinski definition) is 1. The predicted octanol–water partition coefficient (Wildman–Crippen LogP) is 2.18. The lowest BCUT2D eigenvalue weighted by Crippen LogP contribution is -2.35. The number of nitrogens with zero attached hydrogens (tertiary/aromatic N) is 3. The van der Waals surface area contributed by atoms with Crippen LogP contribution >= 0.6 is 0 Å². The van der Waals surface area contributed by atoms with Gasteiger partial charge in [-0.1, -0.05) is 17.7 Å². The predicted molar refractivity (Wildman–Crippen MR) is 81.8 cm³/mol. The summed E-state index contributed by atoms with van der Waals surface area (Å²) in [6, 6.07) is 6.74. The van der Waals surface area contributed by atoms with E-state index in [1.165, 1.54) is 29.7 Å². The summed E-state index contributed by atoms with van der Waals surface area (Å²) >= 11 is 0. The second-order valence-electron chi connectivity index (χ2n) is 5.74. The summed E-state index contributed by atoms with van der Waals surface area (Å²) in [7, 11) is 1.93. The number of nitrogens with two attached hydrogens (primary N) is 1. The molecule has 2 aromatic rings. The Morgan fingerprint density at radius 3 is 3.00 bits per heavy atom. The van der Waals surface area contributed by atoms with Crippen LogP contribution in [0.5, 0.6) is 0 Å². The van der Waals surface area contributed by atoms with Gasteiger partial charge in [0, 0.05) is 37.6 Å². The van der Waals surface area contributed by atoms with Crippen LogP contribution in [-0.4, -0.2) is 22.9 Å². The molecule has 0 fully saturated rings. The fourth-order valence-corrected chi connectivity index (χ4v) is 2.97. The lowest BCUT2D eigenvalue weighted by molar-refractivity contribution is 0.624. The molecule has 4 heteroatoms. The van der Waals surface area contributed by atoms with E-state index in [2.05, 4.69) is 35.1 Å². The summed E-state index contributed by atoms with van der Waals surface area (Å²) < 4.78 is 1.81.